The number of hydrogen-bond acceptors (Lipinski definition) is 6. The minimum atomic E-state index is -0.403. The van der Waals surface area contributed by atoms with Gasteiger partial charge >= 0.3 is 0 Å². The number of nitrogens with zero attached hydrogens (tertiary/aromatic N) is 1. The van der Waals surface area contributed by atoms with Crippen LogP contribution >= 0.6 is 0 Å². The number of nitrogens with one attached hydrogen (secondary N) is 1. The average Bonchev–Trinajstić information content (AvgIpc) is 2.37. The Balaban J connectivity index is 5.17. The molecule has 0 fully saturated rings. The fraction of sp³-hybridized carbons (Fsp3) is 0.529. The Morgan fingerprint density at radius 1 is 1.09 bits per heavy atom. The average molecular weight is 322 g/mol. The number of Topliss-reactive ketones (excluding diaryl/α,β-unsaturated/α-hetero) is 2. The van der Waals surface area contributed by atoms with E-state index in [2.05, 4.69) is 10.3 Å². The van der Waals surface area contributed by atoms with Crippen LogP contribution in [-0.4, -0.2) is 41.3 Å². The molecule has 0 aliphatic heterocycles. The summed E-state index contributed by atoms with van der Waals surface area (Å²) in [7, 11) is 0. The second kappa shape index (κ2) is 9.02. The van der Waals surface area contributed by atoms with Gasteiger partial charge in [0.25, 0.3) is 0 Å². The zero-order valence-corrected chi connectivity index (χ0v) is 14.7. The lowest BCUT2D eigenvalue weighted by Gasteiger charge is -2.22. The van der Waals surface area contributed by atoms with E-state index in [0.717, 1.165) is 0 Å². The summed E-state index contributed by atoms with van der Waals surface area (Å²) in [5.41, 5.74) is -0.366. The summed E-state index contributed by atoms with van der Waals surface area (Å²) in [5.74, 6) is -1.04. The number of ketones is 3. The van der Waals surface area contributed by atoms with Crippen LogP contribution in [0.5, 0.6) is 0 Å². The van der Waals surface area contributed by atoms with Gasteiger partial charge in [0.15, 0.2) is 17.3 Å². The molecule has 0 aliphatic carbocycles. The zero-order valence-electron chi connectivity index (χ0n) is 14.7. The van der Waals surface area contributed by atoms with Crippen molar-refractivity contribution in [1.29, 1.82) is 0 Å². The highest BCUT2D eigenvalue weighted by Gasteiger charge is 2.22. The molecule has 0 aliphatic rings. The van der Waals surface area contributed by atoms with Crippen LogP contribution in [0.25, 0.3) is 0 Å². The van der Waals surface area contributed by atoms with Gasteiger partial charge in [0.05, 0.1) is 5.57 Å². The molecule has 0 radical (unpaired) electrons. The number of aliphatic imine (C=N–C) groups is 1. The smallest absolute Gasteiger partial charge is 0.178 e. The van der Waals surface area contributed by atoms with Gasteiger partial charge in [-0.1, -0.05) is 13.8 Å². The maximum Gasteiger partial charge on any atom is 0.178 e. The first-order chi connectivity index (χ1) is 10.5. The van der Waals surface area contributed by atoms with Gasteiger partial charge in [-0.3, -0.25) is 19.4 Å². The standard InChI is InChI=1S/C17H26N2O4/c1-11(20)7-8-18-9-17(5,6)10-19-16(14(4)23)15(12(2)21)13(3)22/h7-8,18,21H,9-10H2,1-6H3/b8-7+,15-12?,19-16?. The number of aliphatic hydroxyl groups is 1. The molecule has 0 amide bonds. The van der Waals surface area contributed by atoms with Crippen molar-refractivity contribution in [3.8, 4) is 0 Å². The van der Waals surface area contributed by atoms with Crippen molar-refractivity contribution in [3.63, 3.8) is 0 Å². The Bertz CT molecular complexity index is 565. The molecule has 0 rings (SSSR count). The van der Waals surface area contributed by atoms with E-state index < -0.39 is 5.78 Å². The Kier molecular flexibility index (Phi) is 8.15. The van der Waals surface area contributed by atoms with E-state index in [4.69, 9.17) is 0 Å². The van der Waals surface area contributed by atoms with Gasteiger partial charge in [0.2, 0.25) is 0 Å². The van der Waals surface area contributed by atoms with Crippen LogP contribution in [0.1, 0.15) is 41.5 Å². The lowest BCUT2D eigenvalue weighted by Crippen LogP contribution is -2.30. The van der Waals surface area contributed by atoms with E-state index >= 15 is 0 Å². The molecule has 0 heterocycles. The summed E-state index contributed by atoms with van der Waals surface area (Å²) in [6.45, 7) is 10.1. The number of aliphatic hydroxyl groups excluding tert-OH is 1. The molecule has 0 saturated heterocycles. The van der Waals surface area contributed by atoms with E-state index in [0.29, 0.717) is 6.54 Å². The fourth-order valence-electron chi connectivity index (χ4n) is 1.82. The monoisotopic (exact) mass is 322 g/mol. The predicted molar refractivity (Wildman–Crippen MR) is 90.6 cm³/mol. The highest BCUT2D eigenvalue weighted by atomic mass is 16.3. The lowest BCUT2D eigenvalue weighted by atomic mass is 9.93. The molecule has 0 aromatic heterocycles. The molecule has 6 nitrogen and oxygen atoms in total. The van der Waals surface area contributed by atoms with Crippen LogP contribution in [0.4, 0.5) is 0 Å². The van der Waals surface area contributed by atoms with Gasteiger partial charge in [-0.2, -0.15) is 0 Å². The molecule has 0 atom stereocenters. The van der Waals surface area contributed by atoms with Gasteiger partial charge in [0, 0.05) is 25.4 Å². The fourth-order valence-corrected chi connectivity index (χ4v) is 1.82. The van der Waals surface area contributed by atoms with Crippen LogP contribution in [0, 0.1) is 5.41 Å². The molecule has 2 N–H and O–H groups in total. The first kappa shape index (κ1) is 20.8. The number of carbonyl (C=O) groups excluding carboxylic acids is 3. The number of allylic oxidation sites excluding steroid dienone is 3. The van der Waals surface area contributed by atoms with Gasteiger partial charge in [-0.25, -0.2) is 0 Å². The highest BCUT2D eigenvalue weighted by molar-refractivity contribution is 6.51. The summed E-state index contributed by atoms with van der Waals surface area (Å²) in [5, 5.41) is 12.6. The Morgan fingerprint density at radius 3 is 2.04 bits per heavy atom. The third-order valence-electron chi connectivity index (χ3n) is 2.97. The molecule has 128 valence electrons. The summed E-state index contributed by atoms with van der Waals surface area (Å²) >= 11 is 0. The molecular weight excluding hydrogens is 296 g/mol. The third-order valence-corrected chi connectivity index (χ3v) is 2.97. The van der Waals surface area contributed by atoms with Gasteiger partial charge in [-0.15, -0.1) is 0 Å². The topological polar surface area (TPSA) is 95.8 Å². The van der Waals surface area contributed by atoms with E-state index in [-0.39, 0.29) is 40.6 Å². The van der Waals surface area contributed by atoms with Crippen molar-refractivity contribution in [2.45, 2.75) is 41.5 Å². The summed E-state index contributed by atoms with van der Waals surface area (Å²) < 4.78 is 0. The second-order valence-electron chi connectivity index (χ2n) is 6.23. The molecule has 0 bridgehead atoms. The number of rotatable bonds is 9. The summed E-state index contributed by atoms with van der Waals surface area (Å²) in [6.07, 6.45) is 2.99. The minimum Gasteiger partial charge on any atom is -0.512 e. The Labute approximate surface area is 137 Å². The molecule has 0 saturated carbocycles. The Morgan fingerprint density at radius 2 is 1.65 bits per heavy atom. The molecule has 6 heteroatoms. The first-order valence-electron chi connectivity index (χ1n) is 7.35. The highest BCUT2D eigenvalue weighted by Crippen LogP contribution is 2.16. The molecular formula is C17H26N2O4. The molecule has 0 aromatic carbocycles. The van der Waals surface area contributed by atoms with Crippen molar-refractivity contribution >= 4 is 23.1 Å². The van der Waals surface area contributed by atoms with Crippen LogP contribution in [0.2, 0.25) is 0 Å². The normalized spacial score (nSPS) is 13.7. The van der Waals surface area contributed by atoms with Crippen molar-refractivity contribution in [1.82, 2.24) is 5.32 Å². The first-order valence-corrected chi connectivity index (χ1v) is 7.35. The summed E-state index contributed by atoms with van der Waals surface area (Å²) in [4.78, 5) is 38.4. The predicted octanol–water partition coefficient (Wildman–Crippen LogP) is 2.16. The van der Waals surface area contributed by atoms with Gasteiger partial charge in [0.1, 0.15) is 11.5 Å². The van der Waals surface area contributed by atoms with Crippen molar-refractivity contribution in [2.75, 3.05) is 13.1 Å². The maximum absolute atomic E-state index is 11.8. The van der Waals surface area contributed by atoms with E-state index in [1.54, 1.807) is 6.20 Å². The molecule has 0 unspecified atom stereocenters. The van der Waals surface area contributed by atoms with E-state index in [9.17, 15) is 19.5 Å². The third kappa shape index (κ3) is 8.09. The molecule has 0 spiro atoms. The van der Waals surface area contributed by atoms with Crippen LogP contribution in [0.15, 0.2) is 28.6 Å². The van der Waals surface area contributed by atoms with Crippen molar-refractivity contribution in [2.24, 2.45) is 10.4 Å². The quantitative estimate of drug-likeness (QED) is 0.385. The van der Waals surface area contributed by atoms with Crippen LogP contribution in [-0.2, 0) is 14.4 Å². The van der Waals surface area contributed by atoms with Crippen LogP contribution in [0.3, 0.4) is 0 Å². The second-order valence-corrected chi connectivity index (χ2v) is 6.23. The lowest BCUT2D eigenvalue weighted by molar-refractivity contribution is -0.114. The minimum absolute atomic E-state index is 0.00940. The largest absolute Gasteiger partial charge is 0.512 e. The van der Waals surface area contributed by atoms with Crippen molar-refractivity contribution in [3.05, 3.63) is 23.6 Å². The SMILES string of the molecule is CC(=O)/C=C/NCC(C)(C)CN=C(C(C)=O)C(C(C)=O)=C(C)O. The van der Waals surface area contributed by atoms with Crippen LogP contribution < -0.4 is 5.32 Å². The van der Waals surface area contributed by atoms with E-state index in [1.165, 1.54) is 33.8 Å². The van der Waals surface area contributed by atoms with Crippen molar-refractivity contribution < 1.29 is 19.5 Å². The maximum atomic E-state index is 11.8. The van der Waals surface area contributed by atoms with Gasteiger partial charge in [-0.05, 0) is 33.0 Å². The molecule has 0 aromatic rings. The number of carbonyl (C=O) groups is 3. The van der Waals surface area contributed by atoms with E-state index in [1.807, 2.05) is 13.8 Å². The Hall–Kier alpha value is -2.24. The number of hydrogen-bond donors (Lipinski definition) is 2. The van der Waals surface area contributed by atoms with Gasteiger partial charge < -0.3 is 10.4 Å². The molecule has 23 heavy (non-hydrogen) atoms. The zero-order chi connectivity index (χ0) is 18.2. The summed E-state index contributed by atoms with van der Waals surface area (Å²) in [6, 6.07) is 0.